The van der Waals surface area contributed by atoms with E-state index in [1.54, 1.807) is 4.90 Å². The molecule has 142 valence electrons. The fourth-order valence-electron chi connectivity index (χ4n) is 2.87. The molecule has 1 aromatic rings. The van der Waals surface area contributed by atoms with E-state index in [4.69, 9.17) is 9.26 Å². The zero-order valence-electron chi connectivity index (χ0n) is 16.0. The van der Waals surface area contributed by atoms with Crippen LogP contribution in [-0.2, 0) is 11.2 Å². The summed E-state index contributed by atoms with van der Waals surface area (Å²) in [6, 6.07) is 0.0644. The molecule has 1 aromatic heterocycles. The van der Waals surface area contributed by atoms with Gasteiger partial charge in [-0.2, -0.15) is 4.98 Å². The molecule has 2 heterocycles. The van der Waals surface area contributed by atoms with Crippen LogP contribution in [0.2, 0.25) is 0 Å². The minimum atomic E-state index is -0.206. The van der Waals surface area contributed by atoms with Crippen molar-refractivity contribution in [1.29, 1.82) is 0 Å². The van der Waals surface area contributed by atoms with Crippen molar-refractivity contribution >= 4 is 6.09 Å². The van der Waals surface area contributed by atoms with Gasteiger partial charge in [0, 0.05) is 32.6 Å². The standard InChI is InChI=1S/C18H32N4O3/c1-5-6-8-16-19-17(25-20-16)15(4)21-9-7-10-22(12-11-21)18(23)24-13-14(2)3/h14-15H,5-13H2,1-4H3/t15-/m1/s1. The van der Waals surface area contributed by atoms with Gasteiger partial charge in [0.2, 0.25) is 5.89 Å². The van der Waals surface area contributed by atoms with Crippen LogP contribution >= 0.6 is 0 Å². The van der Waals surface area contributed by atoms with Crippen molar-refractivity contribution in [3.8, 4) is 0 Å². The molecule has 0 aliphatic carbocycles. The summed E-state index contributed by atoms with van der Waals surface area (Å²) in [5.74, 6) is 1.81. The van der Waals surface area contributed by atoms with Gasteiger partial charge in [0.15, 0.2) is 5.82 Å². The van der Waals surface area contributed by atoms with Crippen molar-refractivity contribution in [3.05, 3.63) is 11.7 Å². The van der Waals surface area contributed by atoms with Gasteiger partial charge < -0.3 is 14.2 Å². The Morgan fingerprint density at radius 2 is 2.04 bits per heavy atom. The van der Waals surface area contributed by atoms with E-state index in [2.05, 4.69) is 28.9 Å². The van der Waals surface area contributed by atoms with E-state index in [1.165, 1.54) is 0 Å². The Bertz CT molecular complexity index is 532. The summed E-state index contributed by atoms with van der Waals surface area (Å²) in [7, 11) is 0. The van der Waals surface area contributed by atoms with E-state index in [0.29, 0.717) is 25.0 Å². The van der Waals surface area contributed by atoms with E-state index in [0.717, 1.165) is 51.1 Å². The van der Waals surface area contributed by atoms with Gasteiger partial charge in [0.05, 0.1) is 12.6 Å². The molecule has 0 bridgehead atoms. The SMILES string of the molecule is CCCCc1noc([C@@H](C)N2CCCN(C(=O)OCC(C)C)CC2)n1. The summed E-state index contributed by atoms with van der Waals surface area (Å²) in [6.07, 6.45) is 3.77. The Kier molecular flexibility index (Phi) is 7.68. The molecule has 0 spiro atoms. The number of nitrogens with zero attached hydrogens (tertiary/aromatic N) is 4. The average molecular weight is 352 g/mol. The van der Waals surface area contributed by atoms with E-state index in [1.807, 2.05) is 13.8 Å². The van der Waals surface area contributed by atoms with Crippen LogP contribution in [0, 0.1) is 5.92 Å². The first-order chi connectivity index (χ1) is 12.0. The molecule has 0 aromatic carbocycles. The second-order valence-electron chi connectivity index (χ2n) is 7.18. The fraction of sp³-hybridized carbons (Fsp3) is 0.833. The molecule has 0 N–H and O–H groups in total. The largest absolute Gasteiger partial charge is 0.449 e. The van der Waals surface area contributed by atoms with E-state index >= 15 is 0 Å². The molecular formula is C18H32N4O3. The molecule has 0 saturated carbocycles. The number of carbonyl (C=O) groups excluding carboxylic acids is 1. The molecule has 1 aliphatic heterocycles. The third-order valence-electron chi connectivity index (χ3n) is 4.47. The number of unbranched alkanes of at least 4 members (excludes halogenated alkanes) is 1. The highest BCUT2D eigenvalue weighted by atomic mass is 16.6. The molecule has 1 aliphatic rings. The second-order valence-corrected chi connectivity index (χ2v) is 7.18. The van der Waals surface area contributed by atoms with Crippen molar-refractivity contribution in [1.82, 2.24) is 19.9 Å². The third kappa shape index (κ3) is 5.99. The van der Waals surface area contributed by atoms with Crippen molar-refractivity contribution in [2.75, 3.05) is 32.8 Å². The molecule has 1 fully saturated rings. The first-order valence-electron chi connectivity index (χ1n) is 9.49. The number of amides is 1. The number of hydrogen-bond acceptors (Lipinski definition) is 6. The van der Waals surface area contributed by atoms with Crippen molar-refractivity contribution < 1.29 is 14.1 Å². The van der Waals surface area contributed by atoms with Crippen LogP contribution in [0.3, 0.4) is 0 Å². The molecule has 7 nitrogen and oxygen atoms in total. The number of aromatic nitrogens is 2. The van der Waals surface area contributed by atoms with Gasteiger partial charge in [-0.1, -0.05) is 32.3 Å². The lowest BCUT2D eigenvalue weighted by molar-refractivity contribution is 0.0919. The number of ether oxygens (including phenoxy) is 1. The number of carbonyl (C=O) groups is 1. The van der Waals surface area contributed by atoms with Gasteiger partial charge in [-0.15, -0.1) is 0 Å². The van der Waals surface area contributed by atoms with Crippen LogP contribution in [0.15, 0.2) is 4.52 Å². The first-order valence-corrected chi connectivity index (χ1v) is 9.49. The summed E-state index contributed by atoms with van der Waals surface area (Å²) >= 11 is 0. The molecule has 1 saturated heterocycles. The number of aryl methyl sites for hydroxylation is 1. The summed E-state index contributed by atoms with van der Waals surface area (Å²) in [5.41, 5.74) is 0. The maximum atomic E-state index is 12.1. The Morgan fingerprint density at radius 1 is 1.24 bits per heavy atom. The number of hydrogen-bond donors (Lipinski definition) is 0. The van der Waals surface area contributed by atoms with Crippen molar-refractivity contribution in [3.63, 3.8) is 0 Å². The van der Waals surface area contributed by atoms with Gasteiger partial charge in [-0.05, 0) is 25.7 Å². The van der Waals surface area contributed by atoms with Crippen molar-refractivity contribution in [2.24, 2.45) is 5.92 Å². The predicted molar refractivity (Wildman–Crippen MR) is 95.3 cm³/mol. The molecule has 7 heteroatoms. The van der Waals surface area contributed by atoms with Crippen LogP contribution in [0.25, 0.3) is 0 Å². The summed E-state index contributed by atoms with van der Waals surface area (Å²) in [5, 5.41) is 4.08. The highest BCUT2D eigenvalue weighted by Crippen LogP contribution is 2.21. The second kappa shape index (κ2) is 9.75. The highest BCUT2D eigenvalue weighted by molar-refractivity contribution is 5.67. The predicted octanol–water partition coefficient (Wildman–Crippen LogP) is 3.27. The normalized spacial score (nSPS) is 17.6. The molecule has 25 heavy (non-hydrogen) atoms. The van der Waals surface area contributed by atoms with Gasteiger partial charge in [-0.25, -0.2) is 4.79 Å². The lowest BCUT2D eigenvalue weighted by Gasteiger charge is -2.25. The van der Waals surface area contributed by atoms with Crippen LogP contribution < -0.4 is 0 Å². The molecule has 2 rings (SSSR count). The summed E-state index contributed by atoms with van der Waals surface area (Å²) in [4.78, 5) is 20.8. The smallest absolute Gasteiger partial charge is 0.409 e. The molecule has 1 amide bonds. The Hall–Kier alpha value is -1.63. The molecular weight excluding hydrogens is 320 g/mol. The average Bonchev–Trinajstić information content (AvgIpc) is 2.93. The Balaban J connectivity index is 1.87. The summed E-state index contributed by atoms with van der Waals surface area (Å²) < 4.78 is 10.8. The minimum absolute atomic E-state index is 0.0644. The van der Waals surface area contributed by atoms with Crippen LogP contribution in [0.5, 0.6) is 0 Å². The van der Waals surface area contributed by atoms with Gasteiger partial charge in [0.25, 0.3) is 0 Å². The third-order valence-corrected chi connectivity index (χ3v) is 4.47. The van der Waals surface area contributed by atoms with E-state index in [-0.39, 0.29) is 12.1 Å². The summed E-state index contributed by atoms with van der Waals surface area (Å²) in [6.45, 7) is 11.9. The first kappa shape index (κ1) is 19.7. The monoisotopic (exact) mass is 352 g/mol. The molecule has 0 unspecified atom stereocenters. The van der Waals surface area contributed by atoms with Crippen LogP contribution in [-0.4, -0.2) is 58.8 Å². The minimum Gasteiger partial charge on any atom is -0.449 e. The maximum absolute atomic E-state index is 12.1. The zero-order valence-corrected chi connectivity index (χ0v) is 16.0. The zero-order chi connectivity index (χ0) is 18.2. The fourth-order valence-corrected chi connectivity index (χ4v) is 2.87. The Labute approximate surface area is 150 Å². The van der Waals surface area contributed by atoms with E-state index < -0.39 is 0 Å². The van der Waals surface area contributed by atoms with Gasteiger partial charge in [-0.3, -0.25) is 4.90 Å². The molecule has 1 atom stereocenters. The Morgan fingerprint density at radius 3 is 2.76 bits per heavy atom. The van der Waals surface area contributed by atoms with Gasteiger partial charge >= 0.3 is 6.09 Å². The van der Waals surface area contributed by atoms with Gasteiger partial charge in [0.1, 0.15) is 0 Å². The topological polar surface area (TPSA) is 71.7 Å². The lowest BCUT2D eigenvalue weighted by atomic mass is 10.2. The quantitative estimate of drug-likeness (QED) is 0.750. The van der Waals surface area contributed by atoms with E-state index in [9.17, 15) is 4.79 Å². The maximum Gasteiger partial charge on any atom is 0.409 e. The highest BCUT2D eigenvalue weighted by Gasteiger charge is 2.26. The lowest BCUT2D eigenvalue weighted by Crippen LogP contribution is -2.36. The molecule has 0 radical (unpaired) electrons. The van der Waals surface area contributed by atoms with Crippen LogP contribution in [0.1, 0.15) is 64.7 Å². The van der Waals surface area contributed by atoms with Crippen LogP contribution in [0.4, 0.5) is 4.79 Å². The van der Waals surface area contributed by atoms with Crippen molar-refractivity contribution in [2.45, 2.75) is 59.4 Å². The number of rotatable bonds is 7.